The molecule has 5 heteroatoms. The summed E-state index contributed by atoms with van der Waals surface area (Å²) in [4.78, 5) is 21.8. The number of nitrogens with two attached hydrogens (primary N) is 2. The van der Waals surface area contributed by atoms with Crippen molar-refractivity contribution < 1.29 is 14.3 Å². The molecule has 0 unspecified atom stereocenters. The van der Waals surface area contributed by atoms with Crippen LogP contribution in [0.25, 0.3) is 0 Å². The number of primary amides is 2. The fourth-order valence-corrected chi connectivity index (χ4v) is 1.20. The second-order valence-corrected chi connectivity index (χ2v) is 5.57. The van der Waals surface area contributed by atoms with Crippen LogP contribution in [0, 0.1) is 5.41 Å². The molecule has 0 aromatic heterocycles. The van der Waals surface area contributed by atoms with E-state index in [1.165, 1.54) is 0 Å². The zero-order valence-corrected chi connectivity index (χ0v) is 11.2. The van der Waals surface area contributed by atoms with E-state index in [1.807, 2.05) is 13.8 Å². The highest BCUT2D eigenvalue weighted by molar-refractivity contribution is 5.79. The van der Waals surface area contributed by atoms with Crippen LogP contribution in [0.5, 0.6) is 0 Å². The van der Waals surface area contributed by atoms with Crippen molar-refractivity contribution in [1.82, 2.24) is 0 Å². The molecule has 0 spiro atoms. The number of ether oxygens (including phenoxy) is 1. The summed E-state index contributed by atoms with van der Waals surface area (Å²) in [5.74, 6) is -0.671. The smallest absolute Gasteiger partial charge is 0.223 e. The van der Waals surface area contributed by atoms with Crippen molar-refractivity contribution in [2.75, 3.05) is 6.61 Å². The van der Waals surface area contributed by atoms with Crippen LogP contribution in [-0.4, -0.2) is 24.0 Å². The van der Waals surface area contributed by atoms with Gasteiger partial charge in [0.05, 0.1) is 5.60 Å². The van der Waals surface area contributed by atoms with Gasteiger partial charge in [0.25, 0.3) is 0 Å². The van der Waals surface area contributed by atoms with Crippen LogP contribution < -0.4 is 11.5 Å². The molecule has 0 radical (unpaired) electrons. The molecule has 0 heterocycles. The van der Waals surface area contributed by atoms with E-state index in [-0.39, 0.29) is 11.8 Å². The number of amides is 2. The standard InChI is InChI=1S/C12H24N2O3/c1-11(2,10(14)16)7-8-17-12(3,4)6-5-9(13)15/h5-8H2,1-4H3,(H2,13,15)(H2,14,16). The molecule has 0 atom stereocenters. The van der Waals surface area contributed by atoms with E-state index >= 15 is 0 Å². The van der Waals surface area contributed by atoms with Crippen molar-refractivity contribution in [2.24, 2.45) is 16.9 Å². The molecule has 5 nitrogen and oxygen atoms in total. The second-order valence-electron chi connectivity index (χ2n) is 5.57. The van der Waals surface area contributed by atoms with Crippen molar-refractivity contribution in [3.05, 3.63) is 0 Å². The molecule has 0 saturated carbocycles. The first-order chi connectivity index (χ1) is 7.57. The maximum Gasteiger partial charge on any atom is 0.223 e. The molecule has 4 N–H and O–H groups in total. The molecule has 0 saturated heterocycles. The Balaban J connectivity index is 4.02. The van der Waals surface area contributed by atoms with Gasteiger partial charge in [-0.2, -0.15) is 0 Å². The van der Waals surface area contributed by atoms with Gasteiger partial charge in [-0.05, 0) is 26.7 Å². The Bertz CT molecular complexity index is 285. The van der Waals surface area contributed by atoms with Crippen molar-refractivity contribution in [3.8, 4) is 0 Å². The molecule has 0 bridgehead atoms. The molecule has 17 heavy (non-hydrogen) atoms. The molecule has 0 fully saturated rings. The van der Waals surface area contributed by atoms with Gasteiger partial charge in [-0.25, -0.2) is 0 Å². The molecular formula is C12H24N2O3. The van der Waals surface area contributed by atoms with Gasteiger partial charge >= 0.3 is 0 Å². The summed E-state index contributed by atoms with van der Waals surface area (Å²) in [5.41, 5.74) is 9.36. The van der Waals surface area contributed by atoms with Gasteiger partial charge in [-0.3, -0.25) is 9.59 Å². The lowest BCUT2D eigenvalue weighted by molar-refractivity contribution is -0.128. The molecule has 0 aliphatic carbocycles. The topological polar surface area (TPSA) is 95.4 Å². The molecule has 100 valence electrons. The molecular weight excluding hydrogens is 220 g/mol. The Kier molecular flexibility index (Phi) is 5.61. The van der Waals surface area contributed by atoms with Gasteiger partial charge in [-0.15, -0.1) is 0 Å². The van der Waals surface area contributed by atoms with Crippen LogP contribution in [-0.2, 0) is 14.3 Å². The highest BCUT2D eigenvalue weighted by atomic mass is 16.5. The van der Waals surface area contributed by atoms with Crippen molar-refractivity contribution >= 4 is 11.8 Å². The summed E-state index contributed by atoms with van der Waals surface area (Å²) in [6.07, 6.45) is 1.42. The first kappa shape index (κ1) is 15.9. The fourth-order valence-electron chi connectivity index (χ4n) is 1.20. The molecule has 0 aromatic rings. The summed E-state index contributed by atoms with van der Waals surface area (Å²) in [6, 6.07) is 0. The highest BCUT2D eigenvalue weighted by Crippen LogP contribution is 2.22. The minimum atomic E-state index is -0.570. The second kappa shape index (κ2) is 6.00. The zero-order valence-electron chi connectivity index (χ0n) is 11.2. The summed E-state index contributed by atoms with van der Waals surface area (Å²) >= 11 is 0. The van der Waals surface area contributed by atoms with Crippen LogP contribution in [0.1, 0.15) is 47.0 Å². The minimum Gasteiger partial charge on any atom is -0.376 e. The quantitative estimate of drug-likeness (QED) is 0.665. The van der Waals surface area contributed by atoms with E-state index in [9.17, 15) is 9.59 Å². The van der Waals surface area contributed by atoms with Gasteiger partial charge in [0.2, 0.25) is 11.8 Å². The first-order valence-electron chi connectivity index (χ1n) is 5.79. The number of hydrogen-bond acceptors (Lipinski definition) is 3. The largest absolute Gasteiger partial charge is 0.376 e. The third-order valence-corrected chi connectivity index (χ3v) is 2.86. The summed E-state index contributed by atoms with van der Waals surface area (Å²) < 4.78 is 5.65. The summed E-state index contributed by atoms with van der Waals surface area (Å²) in [6.45, 7) is 7.80. The van der Waals surface area contributed by atoms with Gasteiger partial charge in [0.15, 0.2) is 0 Å². The monoisotopic (exact) mass is 244 g/mol. The molecule has 0 rings (SSSR count). The predicted molar refractivity (Wildman–Crippen MR) is 66.1 cm³/mol. The molecule has 0 aliphatic heterocycles. The van der Waals surface area contributed by atoms with Crippen molar-refractivity contribution in [2.45, 2.75) is 52.6 Å². The van der Waals surface area contributed by atoms with Crippen molar-refractivity contribution in [1.29, 1.82) is 0 Å². The number of hydrogen-bond donors (Lipinski definition) is 2. The van der Waals surface area contributed by atoms with E-state index in [1.54, 1.807) is 13.8 Å². The lowest BCUT2D eigenvalue weighted by Crippen LogP contribution is -2.34. The maximum atomic E-state index is 11.1. The summed E-state index contributed by atoms with van der Waals surface area (Å²) in [7, 11) is 0. The van der Waals surface area contributed by atoms with Gasteiger partial charge in [0, 0.05) is 18.4 Å². The van der Waals surface area contributed by atoms with Crippen LogP contribution in [0.4, 0.5) is 0 Å². The Morgan fingerprint density at radius 3 is 2.00 bits per heavy atom. The number of carbonyl (C=O) groups is 2. The summed E-state index contributed by atoms with van der Waals surface area (Å²) in [5, 5.41) is 0. The zero-order chi connectivity index (χ0) is 13.7. The Morgan fingerprint density at radius 2 is 1.59 bits per heavy atom. The highest BCUT2D eigenvalue weighted by Gasteiger charge is 2.26. The average Bonchev–Trinajstić information content (AvgIpc) is 2.14. The van der Waals surface area contributed by atoms with Crippen molar-refractivity contribution in [3.63, 3.8) is 0 Å². The van der Waals surface area contributed by atoms with Crippen LogP contribution >= 0.6 is 0 Å². The Hall–Kier alpha value is -1.10. The molecule has 2 amide bonds. The van der Waals surface area contributed by atoms with Crippen LogP contribution in [0.2, 0.25) is 0 Å². The lowest BCUT2D eigenvalue weighted by atomic mass is 9.89. The Morgan fingerprint density at radius 1 is 1.06 bits per heavy atom. The van der Waals surface area contributed by atoms with Gasteiger partial charge < -0.3 is 16.2 Å². The fraction of sp³-hybridized carbons (Fsp3) is 0.833. The number of carbonyl (C=O) groups excluding carboxylic acids is 2. The average molecular weight is 244 g/mol. The van der Waals surface area contributed by atoms with E-state index in [4.69, 9.17) is 16.2 Å². The molecule has 0 aromatic carbocycles. The third kappa shape index (κ3) is 6.94. The van der Waals surface area contributed by atoms with Gasteiger partial charge in [0.1, 0.15) is 0 Å². The van der Waals surface area contributed by atoms with E-state index in [2.05, 4.69) is 0 Å². The lowest BCUT2D eigenvalue weighted by Gasteiger charge is -2.27. The van der Waals surface area contributed by atoms with E-state index in [0.29, 0.717) is 25.9 Å². The van der Waals surface area contributed by atoms with E-state index < -0.39 is 11.0 Å². The molecule has 0 aliphatic rings. The maximum absolute atomic E-state index is 11.1. The minimum absolute atomic E-state index is 0.298. The van der Waals surface area contributed by atoms with E-state index in [0.717, 1.165) is 0 Å². The van der Waals surface area contributed by atoms with Crippen LogP contribution in [0.3, 0.4) is 0 Å². The third-order valence-electron chi connectivity index (χ3n) is 2.86. The normalized spacial score (nSPS) is 12.5. The van der Waals surface area contributed by atoms with Gasteiger partial charge in [-0.1, -0.05) is 13.8 Å². The SMILES string of the molecule is CC(C)(CCC(N)=O)OCCC(C)(C)C(N)=O. The van der Waals surface area contributed by atoms with Crippen LogP contribution in [0.15, 0.2) is 0 Å². The predicted octanol–water partition coefficient (Wildman–Crippen LogP) is 0.949. The Labute approximate surface area is 103 Å². The number of rotatable bonds is 8. The first-order valence-corrected chi connectivity index (χ1v) is 5.79.